The summed E-state index contributed by atoms with van der Waals surface area (Å²) in [5, 5.41) is 8.24. The molecule has 8 heteroatoms. The minimum Gasteiger partial charge on any atom is -0.497 e. The average Bonchev–Trinajstić information content (AvgIpc) is 2.76. The van der Waals surface area contributed by atoms with Crippen molar-refractivity contribution < 1.29 is 27.8 Å². The molecule has 0 unspecified atom stereocenters. The van der Waals surface area contributed by atoms with Crippen LogP contribution >= 0.6 is 0 Å². The summed E-state index contributed by atoms with van der Waals surface area (Å²) in [6.07, 6.45) is 1.75. The van der Waals surface area contributed by atoms with Gasteiger partial charge in [-0.15, -0.1) is 6.58 Å². The molecule has 0 bridgehead atoms. The number of aliphatic carboxylic acids is 1. The molecule has 0 aliphatic heterocycles. The molecule has 1 N–H and O–H groups in total. The largest absolute Gasteiger partial charge is 0.497 e. The average molecular weight is 448 g/mol. The fourth-order valence-corrected chi connectivity index (χ4v) is 5.04. The summed E-state index contributed by atoms with van der Waals surface area (Å²) in [6, 6.07) is 14.2. The second-order valence-electron chi connectivity index (χ2n) is 7.10. The highest BCUT2D eigenvalue weighted by Crippen LogP contribution is 2.24. The highest BCUT2D eigenvalue weighted by molar-refractivity contribution is 7.89. The Morgan fingerprint density at radius 3 is 1.81 bits per heavy atom. The van der Waals surface area contributed by atoms with E-state index in [0.717, 1.165) is 11.1 Å². The molecule has 0 saturated carbocycles. The predicted molar refractivity (Wildman–Crippen MR) is 120 cm³/mol. The third kappa shape index (κ3) is 7.11. The number of benzene rings is 2. The van der Waals surface area contributed by atoms with Crippen LogP contribution in [0.4, 0.5) is 0 Å². The van der Waals surface area contributed by atoms with Crippen LogP contribution in [0.15, 0.2) is 61.2 Å². The molecule has 2 aromatic rings. The van der Waals surface area contributed by atoms with Crippen LogP contribution in [-0.2, 0) is 27.9 Å². The van der Waals surface area contributed by atoms with Crippen LogP contribution in [0.3, 0.4) is 0 Å². The van der Waals surface area contributed by atoms with Crippen LogP contribution in [0, 0.1) is 0 Å². The molecule has 0 spiro atoms. The van der Waals surface area contributed by atoms with Crippen LogP contribution in [0.1, 0.15) is 30.4 Å². The molecule has 7 nitrogen and oxygen atoms in total. The summed E-state index contributed by atoms with van der Waals surface area (Å²) in [5.41, 5.74) is 1.55. The lowest BCUT2D eigenvalue weighted by Crippen LogP contribution is -2.39. The van der Waals surface area contributed by atoms with E-state index in [1.807, 2.05) is 0 Å². The van der Waals surface area contributed by atoms with Gasteiger partial charge in [0.1, 0.15) is 11.5 Å². The topological polar surface area (TPSA) is 93.1 Å². The van der Waals surface area contributed by atoms with Crippen molar-refractivity contribution >= 4 is 16.0 Å². The fourth-order valence-electron chi connectivity index (χ4n) is 3.17. The summed E-state index contributed by atoms with van der Waals surface area (Å²) in [6.45, 7) is 3.85. The SMILES string of the molecule is C=CCC[C@H](CC(=O)O)S(=O)(=O)N(Cc1ccc(OC)cc1)Cc1ccc(OC)cc1. The Kier molecular flexibility index (Phi) is 9.08. The van der Waals surface area contributed by atoms with Crippen molar-refractivity contribution in [2.24, 2.45) is 0 Å². The lowest BCUT2D eigenvalue weighted by molar-refractivity contribution is -0.137. The quantitative estimate of drug-likeness (QED) is 0.469. The minimum atomic E-state index is -3.92. The van der Waals surface area contributed by atoms with Gasteiger partial charge in [0.25, 0.3) is 0 Å². The Hall–Kier alpha value is -2.84. The zero-order valence-electron chi connectivity index (χ0n) is 17.9. The Labute approximate surface area is 184 Å². The molecule has 0 saturated heterocycles. The van der Waals surface area contributed by atoms with E-state index in [1.165, 1.54) is 4.31 Å². The first-order valence-electron chi connectivity index (χ1n) is 9.87. The molecular formula is C23H29NO6S. The van der Waals surface area contributed by atoms with Crippen LogP contribution in [0.5, 0.6) is 11.5 Å². The molecule has 0 aliphatic carbocycles. The van der Waals surface area contributed by atoms with Crippen molar-refractivity contribution in [3.05, 3.63) is 72.3 Å². The van der Waals surface area contributed by atoms with Crippen molar-refractivity contribution in [2.45, 2.75) is 37.6 Å². The third-order valence-electron chi connectivity index (χ3n) is 4.91. The van der Waals surface area contributed by atoms with E-state index >= 15 is 0 Å². The third-order valence-corrected chi connectivity index (χ3v) is 7.13. The number of hydrogen-bond acceptors (Lipinski definition) is 5. The van der Waals surface area contributed by atoms with Crippen molar-refractivity contribution in [1.82, 2.24) is 4.31 Å². The first-order valence-corrected chi connectivity index (χ1v) is 11.4. The van der Waals surface area contributed by atoms with Gasteiger partial charge >= 0.3 is 5.97 Å². The number of ether oxygens (including phenoxy) is 2. The van der Waals surface area contributed by atoms with E-state index in [-0.39, 0.29) is 19.5 Å². The van der Waals surface area contributed by atoms with Crippen LogP contribution in [0.2, 0.25) is 0 Å². The highest BCUT2D eigenvalue weighted by atomic mass is 32.2. The zero-order valence-corrected chi connectivity index (χ0v) is 18.7. The Bertz CT molecular complexity index is 905. The highest BCUT2D eigenvalue weighted by Gasteiger charge is 2.33. The van der Waals surface area contributed by atoms with Gasteiger partial charge in [-0.25, -0.2) is 8.42 Å². The van der Waals surface area contributed by atoms with E-state index < -0.39 is 27.7 Å². The number of carboxylic acids is 1. The number of rotatable bonds is 13. The van der Waals surface area contributed by atoms with Gasteiger partial charge < -0.3 is 14.6 Å². The number of hydrogen-bond donors (Lipinski definition) is 1. The van der Waals surface area contributed by atoms with Gasteiger partial charge in [-0.05, 0) is 48.2 Å². The maximum Gasteiger partial charge on any atom is 0.304 e. The Morgan fingerprint density at radius 1 is 1.00 bits per heavy atom. The molecule has 0 amide bonds. The van der Waals surface area contributed by atoms with Crippen molar-refractivity contribution in [2.75, 3.05) is 14.2 Å². The van der Waals surface area contributed by atoms with Gasteiger partial charge in [-0.3, -0.25) is 4.79 Å². The number of carbonyl (C=O) groups is 1. The molecule has 168 valence electrons. The number of allylic oxidation sites excluding steroid dienone is 1. The van der Waals surface area contributed by atoms with E-state index in [1.54, 1.807) is 68.8 Å². The normalized spacial score (nSPS) is 12.4. The Balaban J connectivity index is 2.38. The number of methoxy groups -OCH3 is 2. The molecule has 0 fully saturated rings. The first-order chi connectivity index (χ1) is 14.8. The maximum absolute atomic E-state index is 13.5. The monoisotopic (exact) mass is 447 g/mol. The van der Waals surface area contributed by atoms with Gasteiger partial charge in [0.2, 0.25) is 10.0 Å². The Morgan fingerprint density at radius 2 is 1.45 bits per heavy atom. The first kappa shape index (κ1) is 24.4. The zero-order chi connectivity index (χ0) is 22.9. The van der Waals surface area contributed by atoms with Gasteiger partial charge in [0, 0.05) is 13.1 Å². The lowest BCUT2D eigenvalue weighted by atomic mass is 10.2. The second-order valence-corrected chi connectivity index (χ2v) is 9.31. The van der Waals surface area contributed by atoms with Gasteiger partial charge in [0.15, 0.2) is 0 Å². The minimum absolute atomic E-state index is 0.114. The molecular weight excluding hydrogens is 418 g/mol. The number of carboxylic acid groups (broad SMARTS) is 1. The van der Waals surface area contributed by atoms with Crippen molar-refractivity contribution in [1.29, 1.82) is 0 Å². The molecule has 0 heterocycles. The van der Waals surface area contributed by atoms with E-state index in [0.29, 0.717) is 17.9 Å². The summed E-state index contributed by atoms with van der Waals surface area (Å²) in [5.74, 6) is 0.192. The van der Waals surface area contributed by atoms with Crippen LogP contribution < -0.4 is 9.47 Å². The van der Waals surface area contributed by atoms with E-state index in [2.05, 4.69) is 6.58 Å². The molecule has 1 atom stereocenters. The smallest absolute Gasteiger partial charge is 0.304 e. The molecule has 0 aliphatic rings. The fraction of sp³-hybridized carbons (Fsp3) is 0.348. The predicted octanol–water partition coefficient (Wildman–Crippen LogP) is 3.85. The second kappa shape index (κ2) is 11.5. The summed E-state index contributed by atoms with van der Waals surface area (Å²) < 4.78 is 38.7. The standard InChI is InChI=1S/C23H29NO6S/c1-4-5-6-22(15-23(25)26)31(27,28)24(16-18-7-11-20(29-2)12-8-18)17-19-9-13-21(30-3)14-10-19/h4,7-14,22H,1,5-6,15-17H2,2-3H3,(H,25,26)/t22-/m1/s1. The lowest BCUT2D eigenvalue weighted by Gasteiger charge is -2.27. The molecule has 0 aromatic heterocycles. The number of sulfonamides is 1. The van der Waals surface area contributed by atoms with Crippen molar-refractivity contribution in [3.8, 4) is 11.5 Å². The molecule has 31 heavy (non-hydrogen) atoms. The molecule has 2 aromatic carbocycles. The van der Waals surface area contributed by atoms with E-state index in [4.69, 9.17) is 9.47 Å². The summed E-state index contributed by atoms with van der Waals surface area (Å²) >= 11 is 0. The van der Waals surface area contributed by atoms with Crippen LogP contribution in [-0.4, -0.2) is 43.3 Å². The number of nitrogens with zero attached hydrogens (tertiary/aromatic N) is 1. The van der Waals surface area contributed by atoms with Crippen LogP contribution in [0.25, 0.3) is 0 Å². The van der Waals surface area contributed by atoms with Gasteiger partial charge in [0.05, 0.1) is 25.9 Å². The van der Waals surface area contributed by atoms with Crippen molar-refractivity contribution in [3.63, 3.8) is 0 Å². The van der Waals surface area contributed by atoms with E-state index in [9.17, 15) is 18.3 Å². The summed E-state index contributed by atoms with van der Waals surface area (Å²) in [7, 11) is -0.794. The molecule has 2 rings (SSSR count). The maximum atomic E-state index is 13.5. The molecule has 0 radical (unpaired) electrons. The van der Waals surface area contributed by atoms with Gasteiger partial charge in [-0.1, -0.05) is 30.3 Å². The van der Waals surface area contributed by atoms with Gasteiger partial charge in [-0.2, -0.15) is 4.31 Å². The summed E-state index contributed by atoms with van der Waals surface area (Å²) in [4.78, 5) is 11.4.